The van der Waals surface area contributed by atoms with E-state index in [4.69, 9.17) is 0 Å². The molecular formula is C27H27N3O4S2. The minimum atomic E-state index is -3.42. The average molecular weight is 522 g/mol. The maximum atomic E-state index is 13.5. The van der Waals surface area contributed by atoms with Gasteiger partial charge in [0.1, 0.15) is 0 Å². The van der Waals surface area contributed by atoms with Gasteiger partial charge in [-0.15, -0.1) is 11.3 Å². The fourth-order valence-electron chi connectivity index (χ4n) is 4.55. The maximum Gasteiger partial charge on any atom is 0.329 e. The van der Waals surface area contributed by atoms with Crippen LogP contribution in [0, 0.1) is 6.92 Å². The molecule has 0 radical (unpaired) electrons. The minimum absolute atomic E-state index is 0.0585. The topological polar surface area (TPSA) is 96.5 Å². The number of nitrogens with one attached hydrogen (secondary N) is 1. The molecule has 0 aliphatic carbocycles. The van der Waals surface area contributed by atoms with E-state index in [1.165, 1.54) is 15.6 Å². The number of imidazole rings is 1. The van der Waals surface area contributed by atoms with Crippen molar-refractivity contribution in [2.24, 2.45) is 0 Å². The Kier molecular flexibility index (Phi) is 6.72. The van der Waals surface area contributed by atoms with Crippen LogP contribution < -0.4 is 10.4 Å². The Hall–Kier alpha value is -3.37. The van der Waals surface area contributed by atoms with Crippen LogP contribution in [0.2, 0.25) is 0 Å². The van der Waals surface area contributed by atoms with Crippen LogP contribution in [0.25, 0.3) is 21.1 Å². The number of fused-ring (bicyclic) bond motifs is 2. The molecule has 3 aromatic carbocycles. The molecule has 3 N–H and O–H groups in total. The van der Waals surface area contributed by atoms with E-state index in [1.54, 1.807) is 50.8 Å². The van der Waals surface area contributed by atoms with Gasteiger partial charge in [0, 0.05) is 23.1 Å². The average Bonchev–Trinajstić information content (AvgIpc) is 3.40. The Bertz CT molecular complexity index is 1600. The summed E-state index contributed by atoms with van der Waals surface area (Å²) in [5.74, 6) is -0.476. The monoisotopic (exact) mass is 521 g/mol. The highest BCUT2D eigenvalue weighted by molar-refractivity contribution is 8.23. The van der Waals surface area contributed by atoms with Gasteiger partial charge in [-0.3, -0.25) is 23.0 Å². The van der Waals surface area contributed by atoms with Crippen LogP contribution in [0.3, 0.4) is 0 Å². The molecule has 7 nitrogen and oxygen atoms in total. The van der Waals surface area contributed by atoms with Crippen molar-refractivity contribution in [3.05, 3.63) is 99.8 Å². The number of carbonyl (C=O) groups is 1. The van der Waals surface area contributed by atoms with Gasteiger partial charge < -0.3 is 0 Å². The van der Waals surface area contributed by atoms with E-state index in [9.17, 15) is 18.7 Å². The van der Waals surface area contributed by atoms with Crippen molar-refractivity contribution in [3.63, 3.8) is 0 Å². The molecule has 0 fully saturated rings. The molecule has 0 saturated heterocycles. The van der Waals surface area contributed by atoms with Gasteiger partial charge in [0.15, 0.2) is 0 Å². The molecule has 36 heavy (non-hydrogen) atoms. The molecular weight excluding hydrogens is 494 g/mol. The number of aromatic nitrogens is 2. The summed E-state index contributed by atoms with van der Waals surface area (Å²) in [6, 6.07) is 22.1. The van der Waals surface area contributed by atoms with E-state index in [2.05, 4.69) is 29.2 Å². The molecule has 2 aromatic heterocycles. The molecule has 0 saturated carbocycles. The molecule has 1 amide bonds. The van der Waals surface area contributed by atoms with E-state index in [0.29, 0.717) is 19.5 Å². The predicted molar refractivity (Wildman–Crippen MR) is 147 cm³/mol. The summed E-state index contributed by atoms with van der Waals surface area (Å²) < 4.78 is 27.7. The summed E-state index contributed by atoms with van der Waals surface area (Å²) >= 11 is 1.68. The summed E-state index contributed by atoms with van der Waals surface area (Å²) in [7, 11) is -3.42. The number of benzene rings is 3. The summed E-state index contributed by atoms with van der Waals surface area (Å²) in [6.07, 6.45) is 0.438. The first kappa shape index (κ1) is 24.3. The van der Waals surface area contributed by atoms with E-state index in [0.717, 1.165) is 16.6 Å². The SMILES string of the molecule is Cc1cccc2scc(Cn3c(=O)n(CCCC(=O)NS(O)(O)c4ccccc4)c4ccccc43)c12. The van der Waals surface area contributed by atoms with Gasteiger partial charge in [-0.2, -0.15) is 0 Å². The second kappa shape index (κ2) is 9.94. The van der Waals surface area contributed by atoms with Crippen molar-refractivity contribution < 1.29 is 13.9 Å². The van der Waals surface area contributed by atoms with Crippen molar-refractivity contribution in [3.8, 4) is 0 Å². The molecule has 0 unspecified atom stereocenters. The van der Waals surface area contributed by atoms with Gasteiger partial charge in [0.05, 0.1) is 22.5 Å². The molecule has 186 valence electrons. The van der Waals surface area contributed by atoms with Gasteiger partial charge in [-0.05, 0) is 60.2 Å². The summed E-state index contributed by atoms with van der Waals surface area (Å²) in [5, 5.41) is 3.31. The fraction of sp³-hybridized carbons (Fsp3) is 0.185. The van der Waals surface area contributed by atoms with Gasteiger partial charge in [0.2, 0.25) is 5.91 Å². The lowest BCUT2D eigenvalue weighted by Crippen LogP contribution is -2.28. The van der Waals surface area contributed by atoms with Gasteiger partial charge in [-0.25, -0.2) is 9.52 Å². The van der Waals surface area contributed by atoms with Crippen molar-refractivity contribution in [1.29, 1.82) is 0 Å². The molecule has 0 bridgehead atoms. The second-order valence-electron chi connectivity index (χ2n) is 8.71. The first-order valence-corrected chi connectivity index (χ1v) is 14.1. The molecule has 0 aliphatic heterocycles. The van der Waals surface area contributed by atoms with Crippen molar-refractivity contribution in [1.82, 2.24) is 13.9 Å². The lowest BCUT2D eigenvalue weighted by molar-refractivity contribution is -0.119. The van der Waals surface area contributed by atoms with Crippen LogP contribution in [-0.4, -0.2) is 24.1 Å². The molecule has 0 atom stereocenters. The smallest absolute Gasteiger partial charge is 0.292 e. The largest absolute Gasteiger partial charge is 0.329 e. The second-order valence-corrected chi connectivity index (χ2v) is 11.4. The molecule has 9 heteroatoms. The molecule has 0 aliphatic rings. The highest BCUT2D eigenvalue weighted by Gasteiger charge is 2.19. The quantitative estimate of drug-likeness (QED) is 0.233. The van der Waals surface area contributed by atoms with E-state index in [-0.39, 0.29) is 17.0 Å². The summed E-state index contributed by atoms with van der Waals surface area (Å²) in [4.78, 5) is 26.2. The number of aryl methyl sites for hydroxylation is 2. The van der Waals surface area contributed by atoms with Crippen LogP contribution >= 0.6 is 22.1 Å². The first-order chi connectivity index (χ1) is 17.3. The number of nitrogens with zero attached hydrogens (tertiary/aromatic N) is 2. The van der Waals surface area contributed by atoms with E-state index >= 15 is 0 Å². The van der Waals surface area contributed by atoms with Crippen LogP contribution in [0.4, 0.5) is 0 Å². The van der Waals surface area contributed by atoms with Crippen molar-refractivity contribution in [2.75, 3.05) is 0 Å². The van der Waals surface area contributed by atoms with E-state index < -0.39 is 16.7 Å². The van der Waals surface area contributed by atoms with E-state index in [1.807, 2.05) is 30.3 Å². The number of rotatable bonds is 8. The third-order valence-corrected chi connectivity index (χ3v) is 8.69. The predicted octanol–water partition coefficient (Wildman–Crippen LogP) is 6.00. The molecule has 0 spiro atoms. The lowest BCUT2D eigenvalue weighted by Gasteiger charge is -2.32. The van der Waals surface area contributed by atoms with Crippen LogP contribution in [0.5, 0.6) is 0 Å². The Labute approximate surface area is 214 Å². The summed E-state index contributed by atoms with van der Waals surface area (Å²) in [6.45, 7) is 2.89. The van der Waals surface area contributed by atoms with Crippen LogP contribution in [-0.2, 0) is 17.9 Å². The van der Waals surface area contributed by atoms with Crippen LogP contribution in [0.1, 0.15) is 24.0 Å². The molecule has 2 heterocycles. The Morgan fingerprint density at radius 2 is 1.64 bits per heavy atom. The number of carbonyl (C=O) groups excluding carboxylic acids is 1. The van der Waals surface area contributed by atoms with Crippen LogP contribution in [0.15, 0.2) is 87.9 Å². The zero-order valence-electron chi connectivity index (χ0n) is 19.8. The zero-order valence-corrected chi connectivity index (χ0v) is 21.4. The Morgan fingerprint density at radius 3 is 2.39 bits per heavy atom. The minimum Gasteiger partial charge on any atom is -0.292 e. The van der Waals surface area contributed by atoms with Crippen molar-refractivity contribution in [2.45, 2.75) is 37.8 Å². The standard InChI is InChI=1S/C27H27N3O4S2/c1-19-9-7-14-24-26(19)20(18-35-24)17-30-23-13-6-5-12-22(23)29(27(30)32)16-8-15-25(31)28-36(33,34)21-10-3-2-4-11-21/h2-7,9-14,18,33-34H,8,15-17H2,1H3,(H,28,31). The normalized spacial score (nSPS) is 12.3. The first-order valence-electron chi connectivity index (χ1n) is 11.6. The Morgan fingerprint density at radius 1 is 0.944 bits per heavy atom. The van der Waals surface area contributed by atoms with Gasteiger partial charge in [-0.1, -0.05) is 53.2 Å². The third-order valence-electron chi connectivity index (χ3n) is 6.25. The molecule has 5 aromatic rings. The number of thiophene rings is 1. The maximum absolute atomic E-state index is 13.5. The Balaban J connectivity index is 1.34. The highest BCUT2D eigenvalue weighted by Crippen LogP contribution is 2.43. The van der Waals surface area contributed by atoms with Gasteiger partial charge in [0.25, 0.3) is 0 Å². The molecule has 5 rings (SSSR count). The van der Waals surface area contributed by atoms with Gasteiger partial charge >= 0.3 is 5.69 Å². The number of hydrogen-bond donors (Lipinski definition) is 3. The summed E-state index contributed by atoms with van der Waals surface area (Å²) in [5.41, 5.74) is 3.83. The zero-order chi connectivity index (χ0) is 25.3. The lowest BCUT2D eigenvalue weighted by atomic mass is 10.1. The number of para-hydroxylation sites is 2. The number of hydrogen-bond acceptors (Lipinski definition) is 5. The fourth-order valence-corrected chi connectivity index (χ4v) is 6.65. The highest BCUT2D eigenvalue weighted by atomic mass is 32.3. The number of amides is 1. The van der Waals surface area contributed by atoms with Crippen molar-refractivity contribution >= 4 is 49.1 Å². The third kappa shape index (κ3) is 4.70.